The maximum Gasteiger partial charge on any atom is 0.222 e. The second-order valence-electron chi connectivity index (χ2n) is 8.39. The minimum absolute atomic E-state index is 0.0182. The van der Waals surface area contributed by atoms with Gasteiger partial charge in [-0.05, 0) is 49.4 Å². The number of nitrogens with one attached hydrogen (secondary N) is 3. The Hall–Kier alpha value is -2.80. The van der Waals surface area contributed by atoms with Gasteiger partial charge in [-0.3, -0.25) is 4.79 Å². The van der Waals surface area contributed by atoms with Crippen LogP contribution in [-0.2, 0) is 4.79 Å². The van der Waals surface area contributed by atoms with Gasteiger partial charge in [-0.25, -0.2) is 9.97 Å². The average Bonchev–Trinajstić information content (AvgIpc) is 3.17. The number of aromatic nitrogens is 3. The molecule has 1 aliphatic rings. The number of halogens is 1. The number of aromatic amines is 1. The van der Waals surface area contributed by atoms with E-state index in [4.69, 9.17) is 16.3 Å². The van der Waals surface area contributed by atoms with Gasteiger partial charge in [0.15, 0.2) is 0 Å². The van der Waals surface area contributed by atoms with Crippen molar-refractivity contribution in [3.63, 3.8) is 0 Å². The van der Waals surface area contributed by atoms with Crippen LogP contribution in [0.1, 0.15) is 39.5 Å². The smallest absolute Gasteiger partial charge is 0.222 e. The first-order chi connectivity index (χ1) is 14.9. The van der Waals surface area contributed by atoms with Gasteiger partial charge >= 0.3 is 0 Å². The zero-order chi connectivity index (χ0) is 22.0. The highest BCUT2D eigenvalue weighted by atomic mass is 35.5. The minimum atomic E-state index is 0.0182. The molecule has 1 fully saturated rings. The zero-order valence-corrected chi connectivity index (χ0v) is 18.8. The SMILES string of the molecule is COc1cnc2[nH]cc(-c3cc(Cl)nc(N[C@H]4CC[C@H](NC(=O)C(C)C)CC4)c3)c2c1. The third kappa shape index (κ3) is 4.93. The van der Waals surface area contributed by atoms with Gasteiger partial charge in [-0.15, -0.1) is 0 Å². The molecule has 0 aliphatic heterocycles. The molecule has 1 aliphatic carbocycles. The van der Waals surface area contributed by atoms with E-state index >= 15 is 0 Å². The number of fused-ring (bicyclic) bond motifs is 1. The van der Waals surface area contributed by atoms with E-state index in [2.05, 4.69) is 25.6 Å². The monoisotopic (exact) mass is 441 g/mol. The van der Waals surface area contributed by atoms with Crippen molar-refractivity contribution in [2.45, 2.75) is 51.6 Å². The van der Waals surface area contributed by atoms with Gasteiger partial charge in [0.05, 0.1) is 13.3 Å². The predicted octanol–water partition coefficient (Wildman–Crippen LogP) is 4.78. The van der Waals surface area contributed by atoms with E-state index in [-0.39, 0.29) is 17.9 Å². The Morgan fingerprint density at radius 2 is 1.94 bits per heavy atom. The van der Waals surface area contributed by atoms with Crippen LogP contribution < -0.4 is 15.4 Å². The first-order valence-electron chi connectivity index (χ1n) is 10.7. The van der Waals surface area contributed by atoms with Crippen LogP contribution in [0.15, 0.2) is 30.6 Å². The molecule has 4 rings (SSSR count). The number of ether oxygens (including phenoxy) is 1. The highest BCUT2D eigenvalue weighted by molar-refractivity contribution is 6.29. The lowest BCUT2D eigenvalue weighted by Crippen LogP contribution is -2.41. The number of carbonyl (C=O) groups is 1. The standard InChI is InChI=1S/C23H28ClN5O2/c1-13(2)23(30)28-16-6-4-15(5-7-16)27-21-9-14(8-20(24)29-21)19-12-26-22-18(19)10-17(31-3)11-25-22/h8-13,15-16H,4-7H2,1-3H3,(H,25,26)(H,27,29)(H,28,30)/t15-,16-. The number of hydrogen-bond donors (Lipinski definition) is 3. The summed E-state index contributed by atoms with van der Waals surface area (Å²) in [6.45, 7) is 3.84. The molecule has 0 unspecified atom stereocenters. The van der Waals surface area contributed by atoms with Gasteiger partial charge in [0.2, 0.25) is 5.91 Å². The van der Waals surface area contributed by atoms with Crippen LogP contribution in [0.2, 0.25) is 5.15 Å². The molecule has 1 saturated carbocycles. The molecular weight excluding hydrogens is 414 g/mol. The zero-order valence-electron chi connectivity index (χ0n) is 18.0. The van der Waals surface area contributed by atoms with Crippen LogP contribution in [0, 0.1) is 5.92 Å². The second-order valence-corrected chi connectivity index (χ2v) is 8.78. The summed E-state index contributed by atoms with van der Waals surface area (Å²) in [6, 6.07) is 6.39. The number of carbonyl (C=O) groups excluding carboxylic acids is 1. The Labute approximate surface area is 187 Å². The Morgan fingerprint density at radius 1 is 1.19 bits per heavy atom. The summed E-state index contributed by atoms with van der Waals surface area (Å²) in [5, 5.41) is 8.08. The molecule has 0 saturated heterocycles. The summed E-state index contributed by atoms with van der Waals surface area (Å²) in [7, 11) is 1.63. The number of methoxy groups -OCH3 is 1. The summed E-state index contributed by atoms with van der Waals surface area (Å²) < 4.78 is 5.32. The third-order valence-electron chi connectivity index (χ3n) is 5.80. The average molecular weight is 442 g/mol. The summed E-state index contributed by atoms with van der Waals surface area (Å²) in [5.41, 5.74) is 2.75. The number of anilines is 1. The quantitative estimate of drug-likeness (QED) is 0.478. The molecule has 0 spiro atoms. The van der Waals surface area contributed by atoms with Crippen LogP contribution in [0.5, 0.6) is 5.75 Å². The fraction of sp³-hybridized carbons (Fsp3) is 0.435. The van der Waals surface area contributed by atoms with E-state index in [1.165, 1.54) is 0 Å². The summed E-state index contributed by atoms with van der Waals surface area (Å²) in [4.78, 5) is 24.0. The first kappa shape index (κ1) is 21.4. The number of amides is 1. The molecule has 0 aromatic carbocycles. The highest BCUT2D eigenvalue weighted by Gasteiger charge is 2.23. The predicted molar refractivity (Wildman–Crippen MR) is 124 cm³/mol. The largest absolute Gasteiger partial charge is 0.495 e. The van der Waals surface area contributed by atoms with Crippen LogP contribution in [0.25, 0.3) is 22.2 Å². The van der Waals surface area contributed by atoms with E-state index in [1.807, 2.05) is 38.2 Å². The summed E-state index contributed by atoms with van der Waals surface area (Å²) in [6.07, 6.45) is 7.47. The number of pyridine rings is 2. The van der Waals surface area contributed by atoms with Gasteiger partial charge < -0.3 is 20.4 Å². The maximum absolute atomic E-state index is 11.9. The fourth-order valence-corrected chi connectivity index (χ4v) is 4.23. The van der Waals surface area contributed by atoms with Gasteiger partial charge in [0.25, 0.3) is 0 Å². The van der Waals surface area contributed by atoms with Crippen molar-refractivity contribution in [3.8, 4) is 16.9 Å². The van der Waals surface area contributed by atoms with Crippen LogP contribution in [-0.4, -0.2) is 40.1 Å². The molecule has 1 amide bonds. The second kappa shape index (κ2) is 9.14. The van der Waals surface area contributed by atoms with E-state index in [1.54, 1.807) is 13.3 Å². The Balaban J connectivity index is 1.48. The van der Waals surface area contributed by atoms with E-state index in [0.29, 0.717) is 16.9 Å². The van der Waals surface area contributed by atoms with Crippen molar-refractivity contribution in [3.05, 3.63) is 35.7 Å². The third-order valence-corrected chi connectivity index (χ3v) is 5.99. The molecule has 31 heavy (non-hydrogen) atoms. The molecule has 8 heteroatoms. The number of rotatable bonds is 6. The molecule has 3 N–H and O–H groups in total. The van der Waals surface area contributed by atoms with Crippen molar-refractivity contribution in [2.75, 3.05) is 12.4 Å². The van der Waals surface area contributed by atoms with Crippen LogP contribution in [0.3, 0.4) is 0 Å². The van der Waals surface area contributed by atoms with Crippen LogP contribution >= 0.6 is 11.6 Å². The molecule has 164 valence electrons. The van der Waals surface area contributed by atoms with Crippen LogP contribution in [0.4, 0.5) is 5.82 Å². The topological polar surface area (TPSA) is 91.9 Å². The molecule has 3 aromatic rings. The Kier molecular flexibility index (Phi) is 6.32. The maximum atomic E-state index is 11.9. The Bertz CT molecular complexity index is 1070. The van der Waals surface area contributed by atoms with Crippen molar-refractivity contribution in [1.29, 1.82) is 0 Å². The molecule has 0 atom stereocenters. The number of hydrogen-bond acceptors (Lipinski definition) is 5. The van der Waals surface area contributed by atoms with Gasteiger partial charge in [0, 0.05) is 35.1 Å². The molecule has 0 bridgehead atoms. The number of H-pyrrole nitrogens is 1. The van der Waals surface area contributed by atoms with E-state index in [0.717, 1.165) is 53.7 Å². The fourth-order valence-electron chi connectivity index (χ4n) is 4.02. The van der Waals surface area contributed by atoms with E-state index < -0.39 is 0 Å². The van der Waals surface area contributed by atoms with Gasteiger partial charge in [-0.1, -0.05) is 25.4 Å². The normalized spacial score (nSPS) is 18.9. The molecule has 0 radical (unpaired) electrons. The lowest BCUT2D eigenvalue weighted by molar-refractivity contribution is -0.124. The van der Waals surface area contributed by atoms with Gasteiger partial charge in [-0.2, -0.15) is 0 Å². The molecule has 3 heterocycles. The summed E-state index contributed by atoms with van der Waals surface area (Å²) >= 11 is 6.36. The van der Waals surface area contributed by atoms with Crippen molar-refractivity contribution >= 4 is 34.4 Å². The number of nitrogens with zero attached hydrogens (tertiary/aromatic N) is 2. The van der Waals surface area contributed by atoms with Crippen molar-refractivity contribution in [2.24, 2.45) is 5.92 Å². The lowest BCUT2D eigenvalue weighted by atomic mass is 9.90. The van der Waals surface area contributed by atoms with E-state index in [9.17, 15) is 4.79 Å². The van der Waals surface area contributed by atoms with Crippen molar-refractivity contribution < 1.29 is 9.53 Å². The minimum Gasteiger partial charge on any atom is -0.495 e. The van der Waals surface area contributed by atoms with Crippen molar-refractivity contribution in [1.82, 2.24) is 20.3 Å². The molecule has 3 aromatic heterocycles. The highest BCUT2D eigenvalue weighted by Crippen LogP contribution is 2.33. The summed E-state index contributed by atoms with van der Waals surface area (Å²) in [5.74, 6) is 1.60. The molecule has 7 nitrogen and oxygen atoms in total. The van der Waals surface area contributed by atoms with Gasteiger partial charge in [0.1, 0.15) is 22.4 Å². The lowest BCUT2D eigenvalue weighted by Gasteiger charge is -2.30. The first-order valence-corrected chi connectivity index (χ1v) is 11.1. The molecular formula is C23H28ClN5O2. The Morgan fingerprint density at radius 3 is 2.65 bits per heavy atom.